The van der Waals surface area contributed by atoms with Crippen molar-refractivity contribution in [3.05, 3.63) is 53.3 Å². The molecule has 0 radical (unpaired) electrons. The van der Waals surface area contributed by atoms with Gasteiger partial charge in [-0.25, -0.2) is 12.4 Å². The number of nitrogens with zero attached hydrogens (tertiary/aromatic N) is 1. The van der Waals surface area contributed by atoms with Crippen LogP contribution in [0, 0.1) is 6.92 Å². The van der Waals surface area contributed by atoms with Gasteiger partial charge in [0.15, 0.2) is 0 Å². The van der Waals surface area contributed by atoms with Gasteiger partial charge in [-0.05, 0) is 37.1 Å². The third-order valence-electron chi connectivity index (χ3n) is 3.04. The third kappa shape index (κ3) is 2.57. The van der Waals surface area contributed by atoms with Gasteiger partial charge in [-0.2, -0.15) is 0 Å². The Bertz CT molecular complexity index is 669. The molecule has 2 aromatic rings. The SMILES string of the molecule is CCc1cc(CO)cn1S(=O)(=O)c1ccc(C)cc1. The number of benzene rings is 1. The van der Waals surface area contributed by atoms with Crippen molar-refractivity contribution in [3.63, 3.8) is 0 Å². The second-order valence-corrected chi connectivity index (χ2v) is 6.28. The van der Waals surface area contributed by atoms with Gasteiger partial charge in [0.25, 0.3) is 10.0 Å². The van der Waals surface area contributed by atoms with Crippen molar-refractivity contribution in [3.8, 4) is 0 Å². The first-order valence-electron chi connectivity index (χ1n) is 6.12. The van der Waals surface area contributed by atoms with Crippen LogP contribution in [0.25, 0.3) is 0 Å². The van der Waals surface area contributed by atoms with Crippen molar-refractivity contribution in [2.24, 2.45) is 0 Å². The first-order chi connectivity index (χ1) is 8.98. The van der Waals surface area contributed by atoms with E-state index in [-0.39, 0.29) is 11.5 Å². The Hall–Kier alpha value is -1.59. The molecule has 5 heteroatoms. The van der Waals surface area contributed by atoms with E-state index in [0.29, 0.717) is 17.7 Å². The lowest BCUT2D eigenvalue weighted by Crippen LogP contribution is -2.14. The molecule has 0 atom stereocenters. The molecule has 4 nitrogen and oxygen atoms in total. The maximum atomic E-state index is 12.5. The zero-order chi connectivity index (χ0) is 14.0. The van der Waals surface area contributed by atoms with Crippen LogP contribution in [0.5, 0.6) is 0 Å². The summed E-state index contributed by atoms with van der Waals surface area (Å²) in [7, 11) is -3.58. The van der Waals surface area contributed by atoms with E-state index in [4.69, 9.17) is 5.11 Å². The molecule has 2 rings (SSSR count). The largest absolute Gasteiger partial charge is 0.392 e. The summed E-state index contributed by atoms with van der Waals surface area (Å²) >= 11 is 0. The summed E-state index contributed by atoms with van der Waals surface area (Å²) in [6.07, 6.45) is 2.07. The zero-order valence-corrected chi connectivity index (χ0v) is 11.8. The molecule has 19 heavy (non-hydrogen) atoms. The molecule has 0 aliphatic rings. The topological polar surface area (TPSA) is 59.3 Å². The van der Waals surface area contributed by atoms with Gasteiger partial charge < -0.3 is 5.11 Å². The number of rotatable bonds is 4. The standard InChI is InChI=1S/C14H17NO3S/c1-3-13-8-12(10-16)9-15(13)19(17,18)14-6-4-11(2)5-7-14/h4-9,16H,3,10H2,1-2H3. The van der Waals surface area contributed by atoms with Crippen molar-refractivity contribution in [1.82, 2.24) is 3.97 Å². The molecule has 0 aliphatic carbocycles. The number of aromatic nitrogens is 1. The summed E-state index contributed by atoms with van der Waals surface area (Å²) in [5.74, 6) is 0. The minimum absolute atomic E-state index is 0.163. The number of hydrogen-bond donors (Lipinski definition) is 1. The molecule has 0 amide bonds. The summed E-state index contributed by atoms with van der Waals surface area (Å²) in [5, 5.41) is 9.14. The summed E-state index contributed by atoms with van der Waals surface area (Å²) in [4.78, 5) is 0.257. The molecule has 102 valence electrons. The highest BCUT2D eigenvalue weighted by atomic mass is 32.2. The van der Waals surface area contributed by atoms with E-state index < -0.39 is 10.0 Å². The van der Waals surface area contributed by atoms with Gasteiger partial charge in [-0.3, -0.25) is 0 Å². The highest BCUT2D eigenvalue weighted by Gasteiger charge is 2.19. The second kappa shape index (κ2) is 5.19. The van der Waals surface area contributed by atoms with Crippen LogP contribution in [0.3, 0.4) is 0 Å². The van der Waals surface area contributed by atoms with Crippen LogP contribution in [0.15, 0.2) is 41.4 Å². The summed E-state index contributed by atoms with van der Waals surface area (Å²) in [6, 6.07) is 8.46. The molecular weight excluding hydrogens is 262 g/mol. The van der Waals surface area contributed by atoms with Crippen molar-refractivity contribution >= 4 is 10.0 Å². The van der Waals surface area contributed by atoms with Crippen molar-refractivity contribution in [2.75, 3.05) is 0 Å². The maximum Gasteiger partial charge on any atom is 0.267 e. The number of aliphatic hydroxyl groups excluding tert-OH is 1. The smallest absolute Gasteiger partial charge is 0.267 e. The van der Waals surface area contributed by atoms with E-state index in [1.165, 1.54) is 10.2 Å². The average molecular weight is 279 g/mol. The third-order valence-corrected chi connectivity index (χ3v) is 4.77. The molecule has 1 aromatic carbocycles. The van der Waals surface area contributed by atoms with Crippen molar-refractivity contribution < 1.29 is 13.5 Å². The van der Waals surface area contributed by atoms with Gasteiger partial charge in [0, 0.05) is 11.9 Å². The maximum absolute atomic E-state index is 12.5. The fourth-order valence-corrected chi connectivity index (χ4v) is 3.41. The Balaban J connectivity index is 2.55. The summed E-state index contributed by atoms with van der Waals surface area (Å²) < 4.78 is 26.3. The Kier molecular flexibility index (Phi) is 3.78. The lowest BCUT2D eigenvalue weighted by molar-refractivity contribution is 0.282. The molecule has 0 aliphatic heterocycles. The second-order valence-electron chi connectivity index (χ2n) is 4.47. The Morgan fingerprint density at radius 1 is 1.21 bits per heavy atom. The van der Waals surface area contributed by atoms with E-state index >= 15 is 0 Å². The van der Waals surface area contributed by atoms with Gasteiger partial charge >= 0.3 is 0 Å². The van der Waals surface area contributed by atoms with Crippen LogP contribution in [-0.4, -0.2) is 17.5 Å². The first-order valence-corrected chi connectivity index (χ1v) is 7.56. The van der Waals surface area contributed by atoms with Gasteiger partial charge in [0.1, 0.15) is 0 Å². The Labute approximate surface area is 113 Å². The van der Waals surface area contributed by atoms with Crippen LogP contribution in [0.4, 0.5) is 0 Å². The van der Waals surface area contributed by atoms with Crippen molar-refractivity contribution in [1.29, 1.82) is 0 Å². The molecule has 0 spiro atoms. The Morgan fingerprint density at radius 3 is 2.37 bits per heavy atom. The summed E-state index contributed by atoms with van der Waals surface area (Å²) in [5.41, 5.74) is 2.29. The molecule has 1 heterocycles. The van der Waals surface area contributed by atoms with Gasteiger partial charge in [-0.1, -0.05) is 24.6 Å². The molecule has 0 saturated carbocycles. The van der Waals surface area contributed by atoms with E-state index in [1.54, 1.807) is 30.3 Å². The molecule has 0 bridgehead atoms. The monoisotopic (exact) mass is 279 g/mol. The van der Waals surface area contributed by atoms with Crippen LogP contribution in [-0.2, 0) is 23.1 Å². The van der Waals surface area contributed by atoms with E-state index in [1.807, 2.05) is 13.8 Å². The van der Waals surface area contributed by atoms with E-state index in [2.05, 4.69) is 0 Å². The predicted octanol–water partition coefficient (Wildman–Crippen LogP) is 2.09. The van der Waals surface area contributed by atoms with Gasteiger partial charge in [-0.15, -0.1) is 0 Å². The van der Waals surface area contributed by atoms with Crippen LogP contribution >= 0.6 is 0 Å². The Morgan fingerprint density at radius 2 is 1.84 bits per heavy atom. The predicted molar refractivity (Wildman–Crippen MR) is 73.5 cm³/mol. The van der Waals surface area contributed by atoms with Crippen LogP contribution in [0.2, 0.25) is 0 Å². The number of aliphatic hydroxyl groups is 1. The first kappa shape index (κ1) is 13.8. The van der Waals surface area contributed by atoms with Gasteiger partial charge in [0.2, 0.25) is 0 Å². The molecule has 1 aromatic heterocycles. The number of hydrogen-bond acceptors (Lipinski definition) is 3. The lowest BCUT2D eigenvalue weighted by atomic mass is 10.2. The fourth-order valence-electron chi connectivity index (χ4n) is 1.94. The quantitative estimate of drug-likeness (QED) is 0.932. The van der Waals surface area contributed by atoms with E-state index in [9.17, 15) is 8.42 Å². The zero-order valence-electron chi connectivity index (χ0n) is 11.0. The normalized spacial score (nSPS) is 11.7. The molecule has 0 saturated heterocycles. The van der Waals surface area contributed by atoms with E-state index in [0.717, 1.165) is 5.56 Å². The van der Waals surface area contributed by atoms with Crippen LogP contribution in [0.1, 0.15) is 23.7 Å². The highest BCUT2D eigenvalue weighted by Crippen LogP contribution is 2.19. The van der Waals surface area contributed by atoms with Crippen LogP contribution < -0.4 is 0 Å². The lowest BCUT2D eigenvalue weighted by Gasteiger charge is -2.09. The van der Waals surface area contributed by atoms with Crippen molar-refractivity contribution in [2.45, 2.75) is 31.8 Å². The van der Waals surface area contributed by atoms with Gasteiger partial charge in [0.05, 0.1) is 11.5 Å². The highest BCUT2D eigenvalue weighted by molar-refractivity contribution is 7.90. The fraction of sp³-hybridized carbons (Fsp3) is 0.286. The molecule has 0 fully saturated rings. The summed E-state index contributed by atoms with van der Waals surface area (Å²) in [6.45, 7) is 3.63. The molecule has 0 unspecified atom stereocenters. The number of aryl methyl sites for hydroxylation is 2. The molecule has 1 N–H and O–H groups in total. The average Bonchev–Trinajstić information content (AvgIpc) is 2.83. The minimum atomic E-state index is -3.58. The molecular formula is C14H17NO3S. The minimum Gasteiger partial charge on any atom is -0.392 e.